The molecular formula is C16H25NO. The molecule has 0 aliphatic rings. The maximum Gasteiger partial charge on any atom is 0.179 e. The summed E-state index contributed by atoms with van der Waals surface area (Å²) >= 11 is 0. The molecule has 0 bridgehead atoms. The first-order chi connectivity index (χ1) is 8.20. The molecule has 0 heterocycles. The third-order valence-corrected chi connectivity index (χ3v) is 3.10. The number of benzene rings is 1. The number of carbonyl (C=O) groups excluding carboxylic acids is 1. The van der Waals surface area contributed by atoms with E-state index in [1.807, 2.05) is 45.2 Å². The summed E-state index contributed by atoms with van der Waals surface area (Å²) in [5.74, 6) is 0.196. The second kappa shape index (κ2) is 5.66. The van der Waals surface area contributed by atoms with Gasteiger partial charge in [-0.15, -0.1) is 0 Å². The third kappa shape index (κ3) is 4.26. The number of rotatable bonds is 4. The molecule has 0 saturated heterocycles. The van der Waals surface area contributed by atoms with Gasteiger partial charge in [0.1, 0.15) is 0 Å². The van der Waals surface area contributed by atoms with Gasteiger partial charge in [0.15, 0.2) is 5.78 Å². The minimum Gasteiger partial charge on any atom is -0.296 e. The number of hydrogen-bond donors (Lipinski definition) is 0. The van der Waals surface area contributed by atoms with E-state index in [1.165, 1.54) is 5.56 Å². The van der Waals surface area contributed by atoms with Crippen LogP contribution in [0.4, 0.5) is 0 Å². The normalized spacial score (nSPS) is 13.7. The predicted octanol–water partition coefficient (Wildman–Crippen LogP) is 3.54. The van der Waals surface area contributed by atoms with Gasteiger partial charge in [0.2, 0.25) is 0 Å². The highest BCUT2D eigenvalue weighted by Crippen LogP contribution is 2.17. The van der Waals surface area contributed by atoms with Gasteiger partial charge in [-0.3, -0.25) is 9.69 Å². The Morgan fingerprint density at radius 3 is 2.17 bits per heavy atom. The van der Waals surface area contributed by atoms with E-state index in [0.717, 1.165) is 12.1 Å². The van der Waals surface area contributed by atoms with Crippen LogP contribution < -0.4 is 0 Å². The topological polar surface area (TPSA) is 20.3 Å². The Morgan fingerprint density at radius 1 is 1.22 bits per heavy atom. The van der Waals surface area contributed by atoms with Crippen molar-refractivity contribution in [2.45, 2.75) is 40.7 Å². The molecule has 2 nitrogen and oxygen atoms in total. The number of ketones is 1. The fourth-order valence-corrected chi connectivity index (χ4v) is 2.04. The first kappa shape index (κ1) is 14.9. The average molecular weight is 247 g/mol. The first-order valence-electron chi connectivity index (χ1n) is 6.52. The number of hydrogen-bond acceptors (Lipinski definition) is 2. The number of nitrogens with zero attached hydrogens (tertiary/aromatic N) is 1. The van der Waals surface area contributed by atoms with Crippen LogP contribution in [0, 0.1) is 12.3 Å². The van der Waals surface area contributed by atoms with Gasteiger partial charge in [0.05, 0.1) is 6.04 Å². The largest absolute Gasteiger partial charge is 0.296 e. The summed E-state index contributed by atoms with van der Waals surface area (Å²) in [6.45, 7) is 11.5. The fraction of sp³-hybridized carbons (Fsp3) is 0.562. The van der Waals surface area contributed by atoms with E-state index in [2.05, 4.69) is 25.7 Å². The molecule has 0 N–H and O–H groups in total. The van der Waals surface area contributed by atoms with Gasteiger partial charge >= 0.3 is 0 Å². The highest BCUT2D eigenvalue weighted by atomic mass is 16.1. The van der Waals surface area contributed by atoms with E-state index in [-0.39, 0.29) is 17.2 Å². The Morgan fingerprint density at radius 2 is 1.72 bits per heavy atom. The van der Waals surface area contributed by atoms with E-state index >= 15 is 0 Å². The van der Waals surface area contributed by atoms with Crippen LogP contribution in [-0.4, -0.2) is 30.3 Å². The van der Waals surface area contributed by atoms with Crippen LogP contribution in [0.2, 0.25) is 0 Å². The van der Waals surface area contributed by atoms with Gasteiger partial charge in [-0.25, -0.2) is 0 Å². The molecule has 1 atom stereocenters. The quantitative estimate of drug-likeness (QED) is 0.758. The Hall–Kier alpha value is -1.15. The van der Waals surface area contributed by atoms with Gasteiger partial charge < -0.3 is 0 Å². The van der Waals surface area contributed by atoms with Crippen molar-refractivity contribution in [1.29, 1.82) is 0 Å². The third-order valence-electron chi connectivity index (χ3n) is 3.10. The number of likely N-dealkylation sites (N-methyl/N-ethyl adjacent to an activating group) is 1. The lowest BCUT2D eigenvalue weighted by molar-refractivity contribution is 0.0831. The van der Waals surface area contributed by atoms with Crippen LogP contribution in [0.5, 0.6) is 0 Å². The lowest BCUT2D eigenvalue weighted by Crippen LogP contribution is -2.40. The van der Waals surface area contributed by atoms with Gasteiger partial charge in [0.25, 0.3) is 0 Å². The SMILES string of the molecule is Cc1ccc(C(=O)C(C)N(C)CC(C)(C)C)cc1. The summed E-state index contributed by atoms with van der Waals surface area (Å²) in [5.41, 5.74) is 2.19. The molecule has 0 aliphatic heterocycles. The minimum atomic E-state index is -0.0769. The zero-order chi connectivity index (χ0) is 13.9. The van der Waals surface area contributed by atoms with Crippen molar-refractivity contribution >= 4 is 5.78 Å². The van der Waals surface area contributed by atoms with E-state index in [9.17, 15) is 4.79 Å². The molecule has 0 aliphatic carbocycles. The summed E-state index contributed by atoms with van der Waals surface area (Å²) in [6.07, 6.45) is 0. The van der Waals surface area contributed by atoms with Crippen molar-refractivity contribution in [2.24, 2.45) is 5.41 Å². The van der Waals surface area contributed by atoms with Crippen LogP contribution in [0.1, 0.15) is 43.6 Å². The molecule has 1 rings (SSSR count). The van der Waals surface area contributed by atoms with Gasteiger partial charge in [-0.05, 0) is 26.3 Å². The highest BCUT2D eigenvalue weighted by molar-refractivity contribution is 5.99. The monoisotopic (exact) mass is 247 g/mol. The zero-order valence-corrected chi connectivity index (χ0v) is 12.4. The van der Waals surface area contributed by atoms with Gasteiger partial charge in [-0.1, -0.05) is 50.6 Å². The molecule has 18 heavy (non-hydrogen) atoms. The Balaban J connectivity index is 2.75. The number of carbonyl (C=O) groups is 1. The summed E-state index contributed by atoms with van der Waals surface area (Å²) < 4.78 is 0. The maximum atomic E-state index is 12.3. The van der Waals surface area contributed by atoms with Crippen LogP contribution in [0.3, 0.4) is 0 Å². The lowest BCUT2D eigenvalue weighted by atomic mass is 9.94. The van der Waals surface area contributed by atoms with Crippen LogP contribution in [0.15, 0.2) is 24.3 Å². The highest BCUT2D eigenvalue weighted by Gasteiger charge is 2.23. The maximum absolute atomic E-state index is 12.3. The van der Waals surface area contributed by atoms with Crippen molar-refractivity contribution in [3.63, 3.8) is 0 Å². The Labute approximate surface area is 111 Å². The molecule has 0 fully saturated rings. The summed E-state index contributed by atoms with van der Waals surface area (Å²) in [5, 5.41) is 0. The Bertz CT molecular complexity index is 400. The average Bonchev–Trinajstić information content (AvgIpc) is 2.26. The molecule has 1 aromatic carbocycles. The smallest absolute Gasteiger partial charge is 0.179 e. The van der Waals surface area contributed by atoms with Gasteiger partial charge in [-0.2, -0.15) is 0 Å². The molecule has 0 amide bonds. The van der Waals surface area contributed by atoms with Crippen molar-refractivity contribution in [2.75, 3.05) is 13.6 Å². The van der Waals surface area contributed by atoms with E-state index in [1.54, 1.807) is 0 Å². The predicted molar refractivity (Wildman–Crippen MR) is 77.1 cm³/mol. The fourth-order valence-electron chi connectivity index (χ4n) is 2.04. The zero-order valence-electron chi connectivity index (χ0n) is 12.4. The molecule has 0 saturated carbocycles. The van der Waals surface area contributed by atoms with Crippen molar-refractivity contribution in [1.82, 2.24) is 4.90 Å². The van der Waals surface area contributed by atoms with E-state index < -0.39 is 0 Å². The van der Waals surface area contributed by atoms with Crippen molar-refractivity contribution in [3.8, 4) is 0 Å². The molecule has 1 unspecified atom stereocenters. The van der Waals surface area contributed by atoms with Crippen LogP contribution >= 0.6 is 0 Å². The van der Waals surface area contributed by atoms with Crippen molar-refractivity contribution < 1.29 is 4.79 Å². The molecule has 100 valence electrons. The lowest BCUT2D eigenvalue weighted by Gasteiger charge is -2.30. The molecule has 0 radical (unpaired) electrons. The standard InChI is InChI=1S/C16H25NO/c1-12-7-9-14(10-8-12)15(18)13(2)17(6)11-16(3,4)5/h7-10,13H,11H2,1-6H3. The second-order valence-electron chi connectivity index (χ2n) is 6.38. The van der Waals surface area contributed by atoms with Crippen LogP contribution in [-0.2, 0) is 0 Å². The summed E-state index contributed by atoms with van der Waals surface area (Å²) in [4.78, 5) is 14.5. The Kier molecular flexibility index (Phi) is 4.69. The first-order valence-corrected chi connectivity index (χ1v) is 6.52. The minimum absolute atomic E-state index is 0.0769. The van der Waals surface area contributed by atoms with Crippen LogP contribution in [0.25, 0.3) is 0 Å². The second-order valence-corrected chi connectivity index (χ2v) is 6.38. The summed E-state index contributed by atoms with van der Waals surface area (Å²) in [6, 6.07) is 7.73. The van der Waals surface area contributed by atoms with E-state index in [0.29, 0.717) is 0 Å². The molecular weight excluding hydrogens is 222 g/mol. The molecule has 0 spiro atoms. The van der Waals surface area contributed by atoms with Gasteiger partial charge in [0, 0.05) is 12.1 Å². The number of Topliss-reactive ketones (excluding diaryl/α,β-unsaturated/α-hetero) is 1. The molecule has 1 aromatic rings. The number of aryl methyl sites for hydroxylation is 1. The van der Waals surface area contributed by atoms with E-state index in [4.69, 9.17) is 0 Å². The molecule has 2 heteroatoms. The van der Waals surface area contributed by atoms with Crippen molar-refractivity contribution in [3.05, 3.63) is 35.4 Å². The molecule has 0 aromatic heterocycles. The summed E-state index contributed by atoms with van der Waals surface area (Å²) in [7, 11) is 2.02.